The number of piperazine rings is 1. The van der Waals surface area contributed by atoms with Crippen molar-refractivity contribution >= 4 is 22.8 Å². The van der Waals surface area contributed by atoms with Gasteiger partial charge in [-0.05, 0) is 6.07 Å². The molecule has 4 heterocycles. The summed E-state index contributed by atoms with van der Waals surface area (Å²) in [6.07, 6.45) is 5.40. The molecule has 0 saturated carbocycles. The molecule has 3 aromatic heterocycles. The van der Waals surface area contributed by atoms with Gasteiger partial charge in [0.15, 0.2) is 5.65 Å². The van der Waals surface area contributed by atoms with E-state index in [9.17, 15) is 0 Å². The molecule has 8 heteroatoms. The number of imidazole rings is 1. The standard InChI is InChI=1S/C16H19N7O/c1-21-11-19-13-10-18-16(20-15(13)21)23-7-5-22(6-8-23)12-3-4-14(24-2)17-9-12/h3-4,9-11H,5-8H2,1-2H3. The van der Waals surface area contributed by atoms with Crippen molar-refractivity contribution in [2.45, 2.75) is 0 Å². The van der Waals surface area contributed by atoms with E-state index in [-0.39, 0.29) is 0 Å². The van der Waals surface area contributed by atoms with Gasteiger partial charge in [0.2, 0.25) is 11.8 Å². The van der Waals surface area contributed by atoms with Gasteiger partial charge in [0.05, 0.1) is 31.5 Å². The molecule has 0 atom stereocenters. The van der Waals surface area contributed by atoms with E-state index in [4.69, 9.17) is 4.74 Å². The van der Waals surface area contributed by atoms with Gasteiger partial charge >= 0.3 is 0 Å². The topological polar surface area (TPSA) is 72.2 Å². The van der Waals surface area contributed by atoms with Crippen LogP contribution in [0, 0.1) is 0 Å². The second-order valence-electron chi connectivity index (χ2n) is 5.77. The third-order valence-corrected chi connectivity index (χ3v) is 4.30. The van der Waals surface area contributed by atoms with Crippen molar-refractivity contribution in [2.75, 3.05) is 43.1 Å². The Balaban J connectivity index is 1.47. The van der Waals surface area contributed by atoms with E-state index in [0.717, 1.165) is 49.0 Å². The van der Waals surface area contributed by atoms with E-state index >= 15 is 0 Å². The van der Waals surface area contributed by atoms with E-state index in [1.165, 1.54) is 0 Å². The second-order valence-corrected chi connectivity index (χ2v) is 5.77. The minimum atomic E-state index is 0.635. The third-order valence-electron chi connectivity index (χ3n) is 4.30. The summed E-state index contributed by atoms with van der Waals surface area (Å²) < 4.78 is 7.02. The Kier molecular flexibility index (Phi) is 3.64. The Bertz CT molecular complexity index is 837. The fourth-order valence-electron chi connectivity index (χ4n) is 2.91. The lowest BCUT2D eigenvalue weighted by atomic mass is 10.3. The van der Waals surface area contributed by atoms with Crippen LogP contribution >= 0.6 is 0 Å². The molecule has 1 aliphatic heterocycles. The number of hydrogen-bond donors (Lipinski definition) is 0. The Morgan fingerprint density at radius 3 is 2.46 bits per heavy atom. The summed E-state index contributed by atoms with van der Waals surface area (Å²) in [4.78, 5) is 22.2. The third kappa shape index (κ3) is 2.60. The zero-order valence-corrected chi connectivity index (χ0v) is 13.8. The highest BCUT2D eigenvalue weighted by atomic mass is 16.5. The van der Waals surface area contributed by atoms with E-state index in [2.05, 4.69) is 29.7 Å². The molecule has 0 aliphatic carbocycles. The van der Waals surface area contributed by atoms with Crippen molar-refractivity contribution in [2.24, 2.45) is 7.05 Å². The van der Waals surface area contributed by atoms with Gasteiger partial charge in [0.25, 0.3) is 0 Å². The average molecular weight is 325 g/mol. The average Bonchev–Trinajstić information content (AvgIpc) is 3.02. The summed E-state index contributed by atoms with van der Waals surface area (Å²) in [6, 6.07) is 3.93. The molecular formula is C16H19N7O. The number of anilines is 2. The van der Waals surface area contributed by atoms with E-state index in [1.54, 1.807) is 19.6 Å². The quantitative estimate of drug-likeness (QED) is 0.714. The van der Waals surface area contributed by atoms with Gasteiger partial charge in [-0.2, -0.15) is 4.98 Å². The van der Waals surface area contributed by atoms with Crippen molar-refractivity contribution < 1.29 is 4.74 Å². The second kappa shape index (κ2) is 5.95. The van der Waals surface area contributed by atoms with Crippen LogP contribution in [0.3, 0.4) is 0 Å². The van der Waals surface area contributed by atoms with Gasteiger partial charge in [-0.15, -0.1) is 0 Å². The maximum atomic E-state index is 5.11. The van der Waals surface area contributed by atoms with E-state index in [1.807, 2.05) is 29.9 Å². The molecule has 1 fully saturated rings. The molecule has 0 radical (unpaired) electrons. The van der Waals surface area contributed by atoms with Gasteiger partial charge in [-0.3, -0.25) is 0 Å². The monoisotopic (exact) mass is 325 g/mol. The molecule has 8 nitrogen and oxygen atoms in total. The summed E-state index contributed by atoms with van der Waals surface area (Å²) in [5.74, 6) is 1.40. The predicted molar refractivity (Wildman–Crippen MR) is 91.5 cm³/mol. The minimum absolute atomic E-state index is 0.635. The minimum Gasteiger partial charge on any atom is -0.481 e. The van der Waals surface area contributed by atoms with Crippen LogP contribution in [-0.4, -0.2) is 57.8 Å². The Hall–Kier alpha value is -2.90. The number of ether oxygens (including phenoxy) is 1. The molecular weight excluding hydrogens is 306 g/mol. The van der Waals surface area contributed by atoms with Crippen LogP contribution in [0.4, 0.5) is 11.6 Å². The van der Waals surface area contributed by atoms with Crippen molar-refractivity contribution in [1.29, 1.82) is 0 Å². The highest BCUT2D eigenvalue weighted by Gasteiger charge is 2.20. The summed E-state index contributed by atoms with van der Waals surface area (Å²) in [6.45, 7) is 3.55. The molecule has 124 valence electrons. The first-order chi connectivity index (χ1) is 11.7. The SMILES string of the molecule is COc1ccc(N2CCN(c3ncc4ncn(C)c4n3)CC2)cn1. The van der Waals surface area contributed by atoms with Crippen LogP contribution in [0.1, 0.15) is 0 Å². The molecule has 0 amide bonds. The molecule has 0 aromatic carbocycles. The first-order valence-corrected chi connectivity index (χ1v) is 7.88. The van der Waals surface area contributed by atoms with Gasteiger partial charge in [0, 0.05) is 39.3 Å². The summed E-state index contributed by atoms with van der Waals surface area (Å²) in [5, 5.41) is 0. The van der Waals surface area contributed by atoms with E-state index in [0.29, 0.717) is 5.88 Å². The summed E-state index contributed by atoms with van der Waals surface area (Å²) in [7, 11) is 3.57. The van der Waals surface area contributed by atoms with Gasteiger partial charge in [0.1, 0.15) is 5.52 Å². The fourth-order valence-corrected chi connectivity index (χ4v) is 2.91. The van der Waals surface area contributed by atoms with Crippen molar-refractivity contribution in [1.82, 2.24) is 24.5 Å². The smallest absolute Gasteiger partial charge is 0.227 e. The molecule has 4 rings (SSSR count). The van der Waals surface area contributed by atoms with Gasteiger partial charge in [-0.25, -0.2) is 15.0 Å². The first kappa shape index (κ1) is 14.7. The molecule has 3 aromatic rings. The number of methoxy groups -OCH3 is 1. The molecule has 1 saturated heterocycles. The number of pyridine rings is 1. The van der Waals surface area contributed by atoms with Crippen LogP contribution in [0.2, 0.25) is 0 Å². The summed E-state index contributed by atoms with van der Waals surface area (Å²) >= 11 is 0. The highest BCUT2D eigenvalue weighted by molar-refractivity contribution is 5.70. The zero-order chi connectivity index (χ0) is 16.5. The van der Waals surface area contributed by atoms with Gasteiger partial charge in [-0.1, -0.05) is 0 Å². The maximum Gasteiger partial charge on any atom is 0.227 e. The highest BCUT2D eigenvalue weighted by Crippen LogP contribution is 2.20. The Morgan fingerprint density at radius 2 is 1.75 bits per heavy atom. The molecule has 1 aliphatic rings. The molecule has 0 unspecified atom stereocenters. The number of aromatic nitrogens is 5. The van der Waals surface area contributed by atoms with Crippen LogP contribution in [-0.2, 0) is 7.05 Å². The van der Waals surface area contributed by atoms with Crippen molar-refractivity contribution in [3.63, 3.8) is 0 Å². The number of nitrogens with zero attached hydrogens (tertiary/aromatic N) is 7. The number of rotatable bonds is 3. The van der Waals surface area contributed by atoms with Crippen LogP contribution in [0.5, 0.6) is 5.88 Å². The van der Waals surface area contributed by atoms with Crippen LogP contribution in [0.25, 0.3) is 11.2 Å². The molecule has 0 bridgehead atoms. The van der Waals surface area contributed by atoms with Crippen LogP contribution < -0.4 is 14.5 Å². The Morgan fingerprint density at radius 1 is 0.958 bits per heavy atom. The van der Waals surface area contributed by atoms with Crippen molar-refractivity contribution in [3.05, 3.63) is 30.9 Å². The van der Waals surface area contributed by atoms with Gasteiger partial charge < -0.3 is 19.1 Å². The predicted octanol–water partition coefficient (Wildman–Crippen LogP) is 1.09. The number of aryl methyl sites for hydroxylation is 1. The molecule has 0 N–H and O–H groups in total. The lowest BCUT2D eigenvalue weighted by molar-refractivity contribution is 0.398. The Labute approximate surface area is 139 Å². The van der Waals surface area contributed by atoms with Crippen molar-refractivity contribution in [3.8, 4) is 5.88 Å². The van der Waals surface area contributed by atoms with E-state index < -0.39 is 0 Å². The largest absolute Gasteiger partial charge is 0.481 e. The number of hydrogen-bond acceptors (Lipinski definition) is 7. The normalized spacial score (nSPS) is 15.1. The lowest BCUT2D eigenvalue weighted by Gasteiger charge is -2.35. The number of fused-ring (bicyclic) bond motifs is 1. The summed E-state index contributed by atoms with van der Waals surface area (Å²) in [5.41, 5.74) is 2.80. The zero-order valence-electron chi connectivity index (χ0n) is 13.8. The molecule has 0 spiro atoms. The molecule has 24 heavy (non-hydrogen) atoms. The lowest BCUT2D eigenvalue weighted by Crippen LogP contribution is -2.47. The fraction of sp³-hybridized carbons (Fsp3) is 0.375. The maximum absolute atomic E-state index is 5.11. The first-order valence-electron chi connectivity index (χ1n) is 7.88. The van der Waals surface area contributed by atoms with Crippen LogP contribution in [0.15, 0.2) is 30.9 Å².